The van der Waals surface area contributed by atoms with Crippen molar-refractivity contribution in [2.45, 2.75) is 32.4 Å². The van der Waals surface area contributed by atoms with Gasteiger partial charge in [-0.2, -0.15) is 0 Å². The summed E-state index contributed by atoms with van der Waals surface area (Å²) >= 11 is 5.85. The highest BCUT2D eigenvalue weighted by Crippen LogP contribution is 2.45. The third-order valence-corrected chi connectivity index (χ3v) is 6.26. The quantitative estimate of drug-likeness (QED) is 0.399. The average molecular weight is 406 g/mol. The Balaban J connectivity index is 1.89. The minimum atomic E-state index is -0.198. The van der Waals surface area contributed by atoms with Gasteiger partial charge in [-0.25, -0.2) is 0 Å². The number of aromatic nitrogens is 3. The van der Waals surface area contributed by atoms with Crippen LogP contribution in [0.15, 0.2) is 48.5 Å². The first kappa shape index (κ1) is 18.1. The SMILES string of the molecule is COc1ccccc1C1c2[nH]c3ccccc3c2Cc2c(O)n(C(C)C)c(=S)n21. The highest BCUT2D eigenvalue weighted by atomic mass is 32.1. The van der Waals surface area contributed by atoms with E-state index in [1.807, 2.05) is 42.7 Å². The van der Waals surface area contributed by atoms with E-state index in [2.05, 4.69) is 33.8 Å². The average Bonchev–Trinajstić information content (AvgIpc) is 3.21. The second-order valence-corrected chi connectivity index (χ2v) is 8.14. The largest absolute Gasteiger partial charge is 0.496 e. The lowest BCUT2D eigenvalue weighted by Crippen LogP contribution is -2.22. The molecule has 2 aromatic carbocycles. The topological polar surface area (TPSA) is 55.1 Å². The van der Waals surface area contributed by atoms with Gasteiger partial charge >= 0.3 is 0 Å². The molecule has 0 spiro atoms. The molecule has 0 aliphatic carbocycles. The van der Waals surface area contributed by atoms with Gasteiger partial charge in [0.2, 0.25) is 5.88 Å². The van der Waals surface area contributed by atoms with Crippen molar-refractivity contribution in [3.05, 3.63) is 75.8 Å². The Kier molecular flexibility index (Phi) is 4.06. The summed E-state index contributed by atoms with van der Waals surface area (Å²) in [4.78, 5) is 3.63. The van der Waals surface area contributed by atoms with E-state index in [4.69, 9.17) is 17.0 Å². The number of nitrogens with zero attached hydrogens (tertiary/aromatic N) is 2. The zero-order chi connectivity index (χ0) is 20.3. The molecular weight excluding hydrogens is 382 g/mol. The summed E-state index contributed by atoms with van der Waals surface area (Å²) < 4.78 is 10.2. The Morgan fingerprint density at radius 3 is 2.62 bits per heavy atom. The minimum Gasteiger partial charge on any atom is -0.496 e. The van der Waals surface area contributed by atoms with Gasteiger partial charge < -0.3 is 19.4 Å². The number of aromatic amines is 1. The molecule has 1 atom stereocenters. The molecule has 5 nitrogen and oxygen atoms in total. The van der Waals surface area contributed by atoms with Crippen LogP contribution in [0.1, 0.15) is 48.4 Å². The summed E-state index contributed by atoms with van der Waals surface area (Å²) in [6.45, 7) is 4.07. The third kappa shape index (κ3) is 2.48. The van der Waals surface area contributed by atoms with Crippen molar-refractivity contribution < 1.29 is 9.84 Å². The van der Waals surface area contributed by atoms with Gasteiger partial charge in [0.15, 0.2) is 4.77 Å². The normalized spacial score (nSPS) is 15.5. The zero-order valence-electron chi connectivity index (χ0n) is 16.6. The van der Waals surface area contributed by atoms with E-state index in [0.717, 1.165) is 28.2 Å². The van der Waals surface area contributed by atoms with Crippen molar-refractivity contribution in [2.75, 3.05) is 7.11 Å². The van der Waals surface area contributed by atoms with Crippen LogP contribution in [0, 0.1) is 4.77 Å². The lowest BCUT2D eigenvalue weighted by molar-refractivity contribution is 0.394. The number of H-pyrrole nitrogens is 1. The summed E-state index contributed by atoms with van der Waals surface area (Å²) in [5, 5.41) is 12.3. The molecule has 0 amide bonds. The monoisotopic (exact) mass is 405 g/mol. The fourth-order valence-electron chi connectivity index (χ4n) is 4.59. The Hall–Kier alpha value is -2.99. The zero-order valence-corrected chi connectivity index (χ0v) is 17.5. The van der Waals surface area contributed by atoms with Gasteiger partial charge in [-0.05, 0) is 43.8 Å². The maximum atomic E-state index is 11.1. The molecule has 0 fully saturated rings. The Bertz CT molecular complexity index is 1300. The number of para-hydroxylation sites is 2. The van der Waals surface area contributed by atoms with Crippen molar-refractivity contribution in [3.63, 3.8) is 0 Å². The number of nitrogens with one attached hydrogen (secondary N) is 1. The molecule has 2 aromatic heterocycles. The van der Waals surface area contributed by atoms with E-state index in [9.17, 15) is 5.11 Å². The van der Waals surface area contributed by atoms with Gasteiger partial charge in [0.1, 0.15) is 11.8 Å². The minimum absolute atomic E-state index is 0.0639. The second-order valence-electron chi connectivity index (χ2n) is 7.77. The van der Waals surface area contributed by atoms with E-state index < -0.39 is 0 Å². The molecule has 1 aliphatic rings. The Morgan fingerprint density at radius 2 is 1.86 bits per heavy atom. The summed E-state index contributed by atoms with van der Waals surface area (Å²) in [7, 11) is 1.69. The first-order valence-corrected chi connectivity index (χ1v) is 10.2. The molecule has 2 N–H and O–H groups in total. The maximum absolute atomic E-state index is 11.1. The molecule has 0 saturated heterocycles. The predicted octanol–water partition coefficient (Wildman–Crippen LogP) is 5.34. The molecule has 0 bridgehead atoms. The molecule has 29 heavy (non-hydrogen) atoms. The summed E-state index contributed by atoms with van der Waals surface area (Å²) in [6, 6.07) is 16.2. The van der Waals surface area contributed by atoms with E-state index >= 15 is 0 Å². The van der Waals surface area contributed by atoms with E-state index in [-0.39, 0.29) is 18.0 Å². The first-order chi connectivity index (χ1) is 14.0. The molecule has 0 radical (unpaired) electrons. The van der Waals surface area contributed by atoms with Crippen molar-refractivity contribution in [2.24, 2.45) is 0 Å². The number of benzene rings is 2. The van der Waals surface area contributed by atoms with Crippen LogP contribution in [0.5, 0.6) is 11.6 Å². The highest BCUT2D eigenvalue weighted by Gasteiger charge is 2.35. The number of imidazole rings is 1. The van der Waals surface area contributed by atoms with Crippen LogP contribution in [0.4, 0.5) is 0 Å². The van der Waals surface area contributed by atoms with Crippen molar-refractivity contribution in [1.29, 1.82) is 0 Å². The lowest BCUT2D eigenvalue weighted by atomic mass is 9.92. The molecule has 6 heteroatoms. The summed E-state index contributed by atoms with van der Waals surface area (Å²) in [5.74, 6) is 1.05. The van der Waals surface area contributed by atoms with Crippen LogP contribution in [-0.4, -0.2) is 26.3 Å². The van der Waals surface area contributed by atoms with Crippen LogP contribution < -0.4 is 4.74 Å². The van der Waals surface area contributed by atoms with Crippen molar-refractivity contribution in [1.82, 2.24) is 14.1 Å². The van der Waals surface area contributed by atoms with Gasteiger partial charge in [0.05, 0.1) is 12.8 Å². The van der Waals surface area contributed by atoms with Gasteiger partial charge in [0.25, 0.3) is 0 Å². The summed E-state index contributed by atoms with van der Waals surface area (Å²) in [5.41, 5.74) is 5.24. The van der Waals surface area contributed by atoms with Crippen LogP contribution >= 0.6 is 12.2 Å². The molecule has 1 aliphatic heterocycles. The van der Waals surface area contributed by atoms with E-state index in [0.29, 0.717) is 11.2 Å². The number of aromatic hydroxyl groups is 1. The van der Waals surface area contributed by atoms with Crippen LogP contribution in [0.3, 0.4) is 0 Å². The third-order valence-electron chi connectivity index (χ3n) is 5.86. The predicted molar refractivity (Wildman–Crippen MR) is 117 cm³/mol. The van der Waals surface area contributed by atoms with Gasteiger partial charge in [0, 0.05) is 34.6 Å². The number of rotatable bonds is 3. The van der Waals surface area contributed by atoms with Gasteiger partial charge in [-0.1, -0.05) is 36.4 Å². The molecule has 5 rings (SSSR count). The van der Waals surface area contributed by atoms with Gasteiger partial charge in [-0.3, -0.25) is 4.57 Å². The standard InChI is InChI=1S/C23H23N3O2S/c1-13(2)25-22(27)18-12-16-14-8-4-6-10-17(14)24-20(16)21(26(18)23(25)29)15-9-5-7-11-19(15)28-3/h4-11,13,21,24,27H,12H2,1-3H3. The second kappa shape index (κ2) is 6.52. The fraction of sp³-hybridized carbons (Fsp3) is 0.261. The Morgan fingerprint density at radius 1 is 1.14 bits per heavy atom. The number of methoxy groups -OCH3 is 1. The van der Waals surface area contributed by atoms with Crippen LogP contribution in [0.25, 0.3) is 10.9 Å². The van der Waals surface area contributed by atoms with Crippen molar-refractivity contribution in [3.8, 4) is 11.6 Å². The number of ether oxygens (including phenoxy) is 1. The molecule has 3 heterocycles. The molecule has 148 valence electrons. The maximum Gasteiger partial charge on any atom is 0.214 e. The van der Waals surface area contributed by atoms with E-state index in [1.54, 1.807) is 7.11 Å². The lowest BCUT2D eigenvalue weighted by Gasteiger charge is -2.27. The molecule has 1 unspecified atom stereocenters. The fourth-order valence-corrected chi connectivity index (χ4v) is 5.11. The molecule has 4 aromatic rings. The first-order valence-electron chi connectivity index (χ1n) is 9.79. The van der Waals surface area contributed by atoms with Gasteiger partial charge in [-0.15, -0.1) is 0 Å². The molecular formula is C23H23N3O2S. The van der Waals surface area contributed by atoms with Crippen molar-refractivity contribution >= 4 is 23.1 Å². The van der Waals surface area contributed by atoms with Crippen LogP contribution in [0.2, 0.25) is 0 Å². The number of hydrogen-bond acceptors (Lipinski definition) is 3. The number of hydrogen-bond donors (Lipinski definition) is 2. The Labute approximate surface area is 174 Å². The van der Waals surface area contributed by atoms with Crippen LogP contribution in [-0.2, 0) is 6.42 Å². The smallest absolute Gasteiger partial charge is 0.214 e. The highest BCUT2D eigenvalue weighted by molar-refractivity contribution is 7.71. The number of fused-ring (bicyclic) bond motifs is 4. The molecule has 0 saturated carbocycles. The van der Waals surface area contributed by atoms with E-state index in [1.165, 1.54) is 10.9 Å². The summed E-state index contributed by atoms with van der Waals surface area (Å²) in [6.07, 6.45) is 0.625.